The molecule has 242 valence electrons. The van der Waals surface area contributed by atoms with Crippen LogP contribution in [0.15, 0.2) is 182 Å². The largest absolute Gasteiger partial charge is 0.309 e. The van der Waals surface area contributed by atoms with E-state index in [9.17, 15) is 0 Å². The Morgan fingerprint density at radius 1 is 0.327 bits per heavy atom. The van der Waals surface area contributed by atoms with Crippen LogP contribution in [0.4, 0.5) is 0 Å². The zero-order valence-corrected chi connectivity index (χ0v) is 28.1. The molecule has 0 radical (unpaired) electrons. The van der Waals surface area contributed by atoms with E-state index in [1.807, 2.05) is 24.3 Å². The minimum atomic E-state index is 0.813. The van der Waals surface area contributed by atoms with Gasteiger partial charge in [-0.15, -0.1) is 0 Å². The first-order valence-electron chi connectivity index (χ1n) is 17.7. The Balaban J connectivity index is 1.32. The highest BCUT2D eigenvalue weighted by molar-refractivity contribution is 6.21. The predicted octanol–water partition coefficient (Wildman–Crippen LogP) is 12.3. The minimum Gasteiger partial charge on any atom is -0.309 e. The maximum absolute atomic E-state index is 5.42. The lowest BCUT2D eigenvalue weighted by Crippen LogP contribution is -2.04. The summed E-state index contributed by atoms with van der Waals surface area (Å²) < 4.78 is 4.76. The lowest BCUT2D eigenvalue weighted by Gasteiger charge is -2.14. The third kappa shape index (κ3) is 4.34. The first-order chi connectivity index (χ1) is 25.8. The summed E-state index contributed by atoms with van der Waals surface area (Å²) in [4.78, 5) is 10.7. The van der Waals surface area contributed by atoms with E-state index in [0.29, 0.717) is 0 Å². The van der Waals surface area contributed by atoms with Crippen molar-refractivity contribution in [2.75, 3.05) is 0 Å². The first-order valence-corrected chi connectivity index (χ1v) is 17.7. The Hall–Kier alpha value is -7.04. The molecule has 0 saturated heterocycles. The Bertz CT molecular complexity index is 3160. The summed E-state index contributed by atoms with van der Waals surface area (Å²) in [5.41, 5.74) is 11.6. The summed E-state index contributed by atoms with van der Waals surface area (Å²) in [6, 6.07) is 64.9. The average Bonchev–Trinajstić information content (AvgIpc) is 3.70. The third-order valence-electron chi connectivity index (χ3n) is 10.5. The third-order valence-corrected chi connectivity index (χ3v) is 10.5. The van der Waals surface area contributed by atoms with Crippen LogP contribution < -0.4 is 0 Å². The van der Waals surface area contributed by atoms with Gasteiger partial charge in [0.2, 0.25) is 0 Å². The van der Waals surface area contributed by atoms with E-state index in [4.69, 9.17) is 9.97 Å². The quantitative estimate of drug-likeness (QED) is 0.188. The molecule has 4 heteroatoms. The Morgan fingerprint density at radius 2 is 0.865 bits per heavy atom. The van der Waals surface area contributed by atoms with E-state index in [1.165, 1.54) is 49.0 Å². The molecule has 0 aliphatic carbocycles. The molecule has 0 atom stereocenters. The molecule has 11 rings (SSSR count). The van der Waals surface area contributed by atoms with Crippen LogP contribution in [0.25, 0.3) is 99.3 Å². The lowest BCUT2D eigenvalue weighted by molar-refractivity contribution is 1.08. The van der Waals surface area contributed by atoms with E-state index in [-0.39, 0.29) is 0 Å². The molecule has 0 N–H and O–H groups in total. The fourth-order valence-electron chi connectivity index (χ4n) is 8.04. The zero-order valence-electron chi connectivity index (χ0n) is 28.1. The van der Waals surface area contributed by atoms with Crippen molar-refractivity contribution in [1.29, 1.82) is 0 Å². The average molecular weight is 663 g/mol. The number of fused-ring (bicyclic) bond motifs is 8. The highest BCUT2D eigenvalue weighted by Crippen LogP contribution is 2.42. The van der Waals surface area contributed by atoms with Gasteiger partial charge in [0.1, 0.15) is 5.69 Å². The van der Waals surface area contributed by atoms with Gasteiger partial charge in [0.25, 0.3) is 0 Å². The molecular formula is C48H30N4. The number of hydrogen-bond donors (Lipinski definition) is 0. The van der Waals surface area contributed by atoms with Crippen molar-refractivity contribution < 1.29 is 0 Å². The molecule has 11 aromatic rings. The topological polar surface area (TPSA) is 35.6 Å². The van der Waals surface area contributed by atoms with Gasteiger partial charge >= 0.3 is 0 Å². The molecule has 52 heavy (non-hydrogen) atoms. The summed E-state index contributed by atoms with van der Waals surface area (Å²) >= 11 is 0. The smallest absolute Gasteiger partial charge is 0.165 e. The molecule has 0 saturated carbocycles. The number of nitrogens with zero attached hydrogens (tertiary/aromatic N) is 4. The van der Waals surface area contributed by atoms with Crippen LogP contribution in [0.3, 0.4) is 0 Å². The summed E-state index contributed by atoms with van der Waals surface area (Å²) in [5.74, 6) is 0.813. The van der Waals surface area contributed by atoms with E-state index in [0.717, 1.165) is 50.3 Å². The zero-order chi connectivity index (χ0) is 34.2. The highest BCUT2D eigenvalue weighted by atomic mass is 15.1. The summed E-state index contributed by atoms with van der Waals surface area (Å²) in [6.45, 7) is 0. The van der Waals surface area contributed by atoms with Gasteiger partial charge in [-0.05, 0) is 76.5 Å². The van der Waals surface area contributed by atoms with E-state index < -0.39 is 0 Å². The summed E-state index contributed by atoms with van der Waals surface area (Å²) in [7, 11) is 0. The highest BCUT2D eigenvalue weighted by Gasteiger charge is 2.23. The first kappa shape index (κ1) is 28.8. The maximum Gasteiger partial charge on any atom is 0.165 e. The normalized spacial score (nSPS) is 11.8. The number of aromatic nitrogens is 4. The van der Waals surface area contributed by atoms with E-state index in [2.05, 4.69) is 167 Å². The Kier molecular flexibility index (Phi) is 6.22. The van der Waals surface area contributed by atoms with Gasteiger partial charge in [-0.3, -0.25) is 4.57 Å². The van der Waals surface area contributed by atoms with Crippen LogP contribution in [0, 0.1) is 0 Å². The van der Waals surface area contributed by atoms with E-state index in [1.54, 1.807) is 0 Å². The molecular weight excluding hydrogens is 633 g/mol. The van der Waals surface area contributed by atoms with Crippen LogP contribution >= 0.6 is 0 Å². The van der Waals surface area contributed by atoms with Crippen LogP contribution in [-0.2, 0) is 0 Å². The van der Waals surface area contributed by atoms with Gasteiger partial charge in [-0.25, -0.2) is 9.97 Å². The molecule has 3 heterocycles. The predicted molar refractivity (Wildman–Crippen MR) is 217 cm³/mol. The maximum atomic E-state index is 5.42. The monoisotopic (exact) mass is 662 g/mol. The number of benzene rings is 8. The molecule has 0 unspecified atom stereocenters. The second-order valence-electron chi connectivity index (χ2n) is 13.5. The van der Waals surface area contributed by atoms with Gasteiger partial charge < -0.3 is 4.57 Å². The van der Waals surface area contributed by atoms with Crippen molar-refractivity contribution in [1.82, 2.24) is 19.1 Å². The van der Waals surface area contributed by atoms with Crippen LogP contribution in [0.1, 0.15) is 0 Å². The minimum absolute atomic E-state index is 0.813. The second-order valence-corrected chi connectivity index (χ2v) is 13.5. The van der Waals surface area contributed by atoms with Crippen LogP contribution in [-0.4, -0.2) is 19.1 Å². The van der Waals surface area contributed by atoms with Gasteiger partial charge in [-0.1, -0.05) is 127 Å². The van der Waals surface area contributed by atoms with Crippen LogP contribution in [0.2, 0.25) is 0 Å². The number of rotatable bonds is 4. The Morgan fingerprint density at radius 3 is 1.62 bits per heavy atom. The molecule has 3 aromatic heterocycles. The second kappa shape index (κ2) is 11.2. The van der Waals surface area contributed by atoms with Gasteiger partial charge in [0, 0.05) is 32.8 Å². The van der Waals surface area contributed by atoms with Gasteiger partial charge in [0.15, 0.2) is 5.82 Å². The van der Waals surface area contributed by atoms with Crippen molar-refractivity contribution in [3.63, 3.8) is 0 Å². The molecule has 4 nitrogen and oxygen atoms in total. The fourth-order valence-corrected chi connectivity index (χ4v) is 8.04. The van der Waals surface area contributed by atoms with Gasteiger partial charge in [0.05, 0.1) is 33.1 Å². The van der Waals surface area contributed by atoms with Crippen molar-refractivity contribution >= 4 is 65.4 Å². The van der Waals surface area contributed by atoms with Crippen molar-refractivity contribution in [2.45, 2.75) is 0 Å². The molecule has 0 fully saturated rings. The Labute approximate surface area is 299 Å². The SMILES string of the molecule is c1ccc(-c2ccc3c4cc5c6cc7ccccc7cc6n(-c6nc7ccccc7nc6-c6ccccc6)c5cc4n(-c4ccccc4)c3c2)cc1. The molecule has 0 aliphatic rings. The fraction of sp³-hybridized carbons (Fsp3) is 0. The van der Waals surface area contributed by atoms with Crippen LogP contribution in [0.5, 0.6) is 0 Å². The molecule has 0 amide bonds. The molecule has 8 aromatic carbocycles. The van der Waals surface area contributed by atoms with E-state index >= 15 is 0 Å². The summed E-state index contributed by atoms with van der Waals surface area (Å²) in [5, 5.41) is 7.20. The van der Waals surface area contributed by atoms with Crippen molar-refractivity contribution in [2.24, 2.45) is 0 Å². The number of hydrogen-bond acceptors (Lipinski definition) is 2. The van der Waals surface area contributed by atoms with Crippen molar-refractivity contribution in [3.8, 4) is 33.9 Å². The standard InChI is InChI=1S/C48H30N4/c1-4-14-31(15-5-1)35-24-25-37-39-29-40-38-26-33-18-10-11-19-34(33)27-44(38)52(46(40)30-45(39)51(43(37)28-35)36-20-8-3-9-21-36)48-47(32-16-6-2-7-17-32)49-41-22-12-13-23-42(41)50-48/h1-30H. The lowest BCUT2D eigenvalue weighted by atomic mass is 10.0. The molecule has 0 spiro atoms. The molecule has 0 aliphatic heterocycles. The number of para-hydroxylation sites is 3. The van der Waals surface area contributed by atoms with Gasteiger partial charge in [-0.2, -0.15) is 0 Å². The summed E-state index contributed by atoms with van der Waals surface area (Å²) in [6.07, 6.45) is 0. The van der Waals surface area contributed by atoms with Crippen molar-refractivity contribution in [3.05, 3.63) is 182 Å². The molecule has 0 bridgehead atoms.